The van der Waals surface area contributed by atoms with Crippen LogP contribution in [0.4, 0.5) is 0 Å². The Labute approximate surface area is 155 Å². The van der Waals surface area contributed by atoms with Gasteiger partial charge in [-0.15, -0.1) is 0 Å². The van der Waals surface area contributed by atoms with E-state index in [1.54, 1.807) is 6.92 Å². The van der Waals surface area contributed by atoms with Gasteiger partial charge in [-0.05, 0) is 6.92 Å². The summed E-state index contributed by atoms with van der Waals surface area (Å²) >= 11 is 0. The van der Waals surface area contributed by atoms with E-state index in [2.05, 4.69) is 4.18 Å². The summed E-state index contributed by atoms with van der Waals surface area (Å²) in [6.07, 6.45) is -10.3. The van der Waals surface area contributed by atoms with E-state index in [1.807, 2.05) is 0 Å². The Morgan fingerprint density at radius 2 is 1.81 bits per heavy atom. The van der Waals surface area contributed by atoms with Crippen molar-refractivity contribution in [2.45, 2.75) is 68.1 Å². The van der Waals surface area contributed by atoms with Crippen LogP contribution in [0.2, 0.25) is 0 Å². The summed E-state index contributed by atoms with van der Waals surface area (Å²) in [5, 5.41) is 30.2. The summed E-state index contributed by atoms with van der Waals surface area (Å²) < 4.78 is 62.9. The fraction of sp³-hybridized carbons (Fsp3) is 1.00. The number of ether oxygens (including phenoxy) is 5. The number of aliphatic hydroxyl groups is 3. The van der Waals surface area contributed by atoms with E-state index >= 15 is 0 Å². The van der Waals surface area contributed by atoms with Crippen molar-refractivity contribution in [3.05, 3.63) is 0 Å². The number of aliphatic hydroxyl groups excluding tert-OH is 3. The summed E-state index contributed by atoms with van der Waals surface area (Å²) in [4.78, 5) is 0. The second-order valence-corrected chi connectivity index (χ2v) is 7.72. The van der Waals surface area contributed by atoms with Crippen LogP contribution in [-0.4, -0.2) is 110 Å². The Morgan fingerprint density at radius 1 is 1.11 bits per heavy atom. The van der Waals surface area contributed by atoms with Crippen molar-refractivity contribution >= 4 is 10.4 Å². The predicted octanol–water partition coefficient (Wildman–Crippen LogP) is -2.80. The van der Waals surface area contributed by atoms with E-state index in [4.69, 9.17) is 28.2 Å². The molecule has 3 aliphatic rings. The van der Waals surface area contributed by atoms with Gasteiger partial charge in [0.25, 0.3) is 0 Å². The minimum Gasteiger partial charge on any atom is -0.394 e. The zero-order valence-corrected chi connectivity index (χ0v) is 15.5. The van der Waals surface area contributed by atoms with Crippen molar-refractivity contribution in [3.63, 3.8) is 0 Å². The number of hydrogen-bond acceptors (Lipinski definition) is 11. The van der Waals surface area contributed by atoms with Gasteiger partial charge in [-0.1, -0.05) is 0 Å². The molecule has 0 saturated carbocycles. The standard InChI is InChI=1S/C14H24O12S/c1-5-8(16)13-10(7(23-5)4-22-13)25-14-9(17)12(21-2)11(6(3-15)24-14)26-27(18,19)20/h5-17H,3-4H2,1-2H3,(H,18,19,20)/t5-,6?,7?,8-,9?,10+,11+,12-,13?,14+/m1/s1. The van der Waals surface area contributed by atoms with Gasteiger partial charge in [-0.2, -0.15) is 8.42 Å². The van der Waals surface area contributed by atoms with E-state index in [9.17, 15) is 23.7 Å². The Morgan fingerprint density at radius 3 is 2.41 bits per heavy atom. The maximum absolute atomic E-state index is 11.1. The maximum Gasteiger partial charge on any atom is 0.397 e. The smallest absolute Gasteiger partial charge is 0.394 e. The number of rotatable bonds is 6. The summed E-state index contributed by atoms with van der Waals surface area (Å²) in [6.45, 7) is 1.18. The second kappa shape index (κ2) is 8.12. The van der Waals surface area contributed by atoms with Crippen LogP contribution in [0.3, 0.4) is 0 Å². The molecule has 0 radical (unpaired) electrons. The van der Waals surface area contributed by atoms with Gasteiger partial charge in [-0.25, -0.2) is 4.18 Å². The lowest BCUT2D eigenvalue weighted by molar-refractivity contribution is -0.327. The van der Waals surface area contributed by atoms with Gasteiger partial charge in [0.2, 0.25) is 0 Å². The van der Waals surface area contributed by atoms with Gasteiger partial charge in [0.15, 0.2) is 6.29 Å². The molecular weight excluding hydrogens is 392 g/mol. The van der Waals surface area contributed by atoms with Crippen molar-refractivity contribution < 1.29 is 56.2 Å². The predicted molar refractivity (Wildman–Crippen MR) is 83.9 cm³/mol. The van der Waals surface area contributed by atoms with Crippen molar-refractivity contribution in [1.29, 1.82) is 0 Å². The van der Waals surface area contributed by atoms with Crippen LogP contribution in [0, 0.1) is 0 Å². The summed E-state index contributed by atoms with van der Waals surface area (Å²) in [5.41, 5.74) is 0. The molecule has 13 heteroatoms. The Kier molecular flexibility index (Phi) is 6.39. The first kappa shape index (κ1) is 21.3. The molecule has 3 fully saturated rings. The van der Waals surface area contributed by atoms with Crippen molar-refractivity contribution in [3.8, 4) is 0 Å². The molecule has 0 aromatic carbocycles. The van der Waals surface area contributed by atoms with Gasteiger partial charge >= 0.3 is 10.4 Å². The highest BCUT2D eigenvalue weighted by Crippen LogP contribution is 2.35. The molecule has 0 aromatic heterocycles. The van der Waals surface area contributed by atoms with Gasteiger partial charge in [-0.3, -0.25) is 4.55 Å². The summed E-state index contributed by atoms with van der Waals surface area (Å²) in [6, 6.07) is 0. The molecular formula is C14H24O12S. The molecule has 3 saturated heterocycles. The quantitative estimate of drug-likeness (QED) is 0.328. The van der Waals surface area contributed by atoms with Crippen LogP contribution in [0.5, 0.6) is 0 Å². The third kappa shape index (κ3) is 4.28. The van der Waals surface area contributed by atoms with E-state index in [-0.39, 0.29) is 6.61 Å². The number of methoxy groups -OCH3 is 1. The summed E-state index contributed by atoms with van der Waals surface area (Å²) in [7, 11) is -3.71. The molecule has 27 heavy (non-hydrogen) atoms. The second-order valence-electron chi connectivity index (χ2n) is 6.67. The first-order valence-corrected chi connectivity index (χ1v) is 9.76. The molecule has 4 unspecified atom stereocenters. The number of fused-ring (bicyclic) bond motifs is 2. The molecule has 158 valence electrons. The molecule has 12 nitrogen and oxygen atoms in total. The van der Waals surface area contributed by atoms with E-state index in [0.717, 1.165) is 0 Å². The lowest BCUT2D eigenvalue weighted by atomic mass is 9.97. The molecule has 0 amide bonds. The van der Waals surface area contributed by atoms with Crippen molar-refractivity contribution in [2.24, 2.45) is 0 Å². The minimum absolute atomic E-state index is 0.186. The van der Waals surface area contributed by atoms with Gasteiger partial charge in [0.05, 0.1) is 19.3 Å². The third-order valence-corrected chi connectivity index (χ3v) is 5.41. The van der Waals surface area contributed by atoms with E-state index in [1.165, 1.54) is 7.11 Å². The molecule has 0 spiro atoms. The van der Waals surface area contributed by atoms with Gasteiger partial charge in [0.1, 0.15) is 48.8 Å². The van der Waals surface area contributed by atoms with Crippen LogP contribution in [-0.2, 0) is 38.3 Å². The van der Waals surface area contributed by atoms with Crippen LogP contribution >= 0.6 is 0 Å². The molecule has 10 atom stereocenters. The van der Waals surface area contributed by atoms with Crippen LogP contribution in [0.1, 0.15) is 6.92 Å². The zero-order chi connectivity index (χ0) is 19.9. The average Bonchev–Trinajstić information content (AvgIpc) is 2.90. The number of hydrogen-bond donors (Lipinski definition) is 4. The fourth-order valence-corrected chi connectivity index (χ4v) is 4.16. The normalized spacial score (nSPS) is 47.9. The Balaban J connectivity index is 1.75. The molecule has 3 aliphatic heterocycles. The molecule has 3 rings (SSSR count). The zero-order valence-electron chi connectivity index (χ0n) is 14.7. The highest BCUT2D eigenvalue weighted by Gasteiger charge is 2.54. The van der Waals surface area contributed by atoms with E-state index in [0.29, 0.717) is 0 Å². The molecule has 0 aromatic rings. The topological polar surface area (TPSA) is 170 Å². The Hall–Kier alpha value is -0.450. The van der Waals surface area contributed by atoms with Gasteiger partial charge < -0.3 is 39.0 Å². The molecule has 2 bridgehead atoms. The lowest BCUT2D eigenvalue weighted by Crippen LogP contribution is -2.63. The van der Waals surface area contributed by atoms with Gasteiger partial charge in [0, 0.05) is 7.11 Å². The SMILES string of the molecule is CO[C@@H]1C(O)[C@H](O[C@H]2C3COC2[C@H](O)[C@@H](C)O3)OC(CO)[C@@H]1OS(=O)(=O)O. The molecule has 3 heterocycles. The van der Waals surface area contributed by atoms with Crippen LogP contribution < -0.4 is 0 Å². The van der Waals surface area contributed by atoms with Crippen LogP contribution in [0.15, 0.2) is 0 Å². The Bertz CT molecular complexity index is 613. The lowest BCUT2D eigenvalue weighted by Gasteiger charge is -2.45. The molecule has 4 N–H and O–H groups in total. The third-order valence-electron chi connectivity index (χ3n) is 4.94. The minimum atomic E-state index is -4.89. The monoisotopic (exact) mass is 416 g/mol. The highest BCUT2D eigenvalue weighted by molar-refractivity contribution is 7.80. The van der Waals surface area contributed by atoms with Crippen molar-refractivity contribution in [2.75, 3.05) is 20.3 Å². The largest absolute Gasteiger partial charge is 0.397 e. The maximum atomic E-state index is 11.1. The first-order chi connectivity index (χ1) is 12.7. The molecule has 0 aliphatic carbocycles. The average molecular weight is 416 g/mol. The highest BCUT2D eigenvalue weighted by atomic mass is 32.3. The van der Waals surface area contributed by atoms with E-state index < -0.39 is 78.2 Å². The van der Waals surface area contributed by atoms with Crippen molar-refractivity contribution in [1.82, 2.24) is 0 Å². The van der Waals surface area contributed by atoms with Crippen LogP contribution in [0.25, 0.3) is 0 Å². The fourth-order valence-electron chi connectivity index (χ4n) is 3.64. The first-order valence-electron chi connectivity index (χ1n) is 8.39. The summed E-state index contributed by atoms with van der Waals surface area (Å²) in [5.74, 6) is 0.